The van der Waals surface area contributed by atoms with E-state index in [4.69, 9.17) is 14.7 Å². The summed E-state index contributed by atoms with van der Waals surface area (Å²) in [6.45, 7) is 9.41. The predicted octanol–water partition coefficient (Wildman–Crippen LogP) is 8.91. The fourth-order valence-electron chi connectivity index (χ4n) is 3.93. The van der Waals surface area contributed by atoms with Gasteiger partial charge < -0.3 is 4.74 Å². The summed E-state index contributed by atoms with van der Waals surface area (Å²) >= 11 is 6.00. The molecule has 0 bridgehead atoms. The molecule has 0 fully saturated rings. The maximum atomic E-state index is 6.13. The average Bonchev–Trinajstić information content (AvgIpc) is 3.34. The molecule has 0 N–H and O–H groups in total. The van der Waals surface area contributed by atoms with E-state index in [9.17, 15) is 0 Å². The Bertz CT molecular complexity index is 1090. The van der Waals surface area contributed by atoms with E-state index >= 15 is 0 Å². The third kappa shape index (κ3) is 6.90. The van der Waals surface area contributed by atoms with Gasteiger partial charge in [-0.05, 0) is 28.5 Å². The van der Waals surface area contributed by atoms with Gasteiger partial charge in [0.05, 0.1) is 5.69 Å². The van der Waals surface area contributed by atoms with Crippen molar-refractivity contribution in [2.75, 3.05) is 6.61 Å². The van der Waals surface area contributed by atoms with Gasteiger partial charge in [-0.15, -0.1) is 0 Å². The molecular weight excluding hydrogens is 599 g/mol. The first-order valence-corrected chi connectivity index (χ1v) is 16.2. The van der Waals surface area contributed by atoms with E-state index in [0.717, 1.165) is 22.5 Å². The van der Waals surface area contributed by atoms with Crippen molar-refractivity contribution in [1.82, 2.24) is 0 Å². The Morgan fingerprint density at radius 3 is 1.91 bits per heavy atom. The Hall–Kier alpha value is -1.75. The Morgan fingerprint density at radius 2 is 1.38 bits per heavy atom. The minimum absolute atomic E-state index is 0.00461. The number of hydrogen-bond donors (Lipinski definition) is 0. The molecule has 182 valence electrons. The van der Waals surface area contributed by atoms with E-state index < -0.39 is 0 Å². The van der Waals surface area contributed by atoms with Gasteiger partial charge in [-0.3, -0.25) is 0 Å². The van der Waals surface area contributed by atoms with Crippen LogP contribution in [0.1, 0.15) is 67.8 Å². The fourth-order valence-corrected chi connectivity index (χ4v) is 3.93. The van der Waals surface area contributed by atoms with Crippen LogP contribution in [0.15, 0.2) is 88.8 Å². The van der Waals surface area contributed by atoms with Crippen LogP contribution in [0.4, 0.5) is 5.69 Å². The van der Waals surface area contributed by atoms with Gasteiger partial charge in [-0.2, -0.15) is 0 Å². The van der Waals surface area contributed by atoms with Crippen molar-refractivity contribution in [3.63, 3.8) is 0 Å². The summed E-state index contributed by atoms with van der Waals surface area (Å²) in [6, 6.07) is 27.1. The molecule has 1 aliphatic rings. The van der Waals surface area contributed by atoms with E-state index in [1.54, 1.807) is 0 Å². The van der Waals surface area contributed by atoms with Crippen LogP contribution < -0.4 is 0 Å². The minimum atomic E-state index is -0.00461. The molecular formula is C28H30Br2N2NiO. The molecule has 0 aliphatic carbocycles. The van der Waals surface area contributed by atoms with Crippen LogP contribution in [0, 0.1) is 0 Å². The van der Waals surface area contributed by atoms with Crippen molar-refractivity contribution in [2.24, 2.45) is 9.98 Å². The fraction of sp³-hybridized carbons (Fsp3) is 0.286. The van der Waals surface area contributed by atoms with Crippen molar-refractivity contribution in [2.45, 2.75) is 45.6 Å². The molecule has 0 radical (unpaired) electrons. The summed E-state index contributed by atoms with van der Waals surface area (Å²) in [7, 11) is 1.25. The summed E-state index contributed by atoms with van der Waals surface area (Å²) < 4.78 is 6.13. The van der Waals surface area contributed by atoms with Crippen molar-refractivity contribution in [1.29, 1.82) is 0 Å². The van der Waals surface area contributed by atoms with Gasteiger partial charge in [0.2, 0.25) is 5.90 Å². The molecule has 4 rings (SSSR count). The van der Waals surface area contributed by atoms with Crippen LogP contribution in [0.25, 0.3) is 0 Å². The van der Waals surface area contributed by atoms with Crippen molar-refractivity contribution in [3.8, 4) is 0 Å². The predicted molar refractivity (Wildman–Crippen MR) is 148 cm³/mol. The normalized spacial score (nSPS) is 15.7. The third-order valence-electron chi connectivity index (χ3n) is 5.65. The van der Waals surface area contributed by atoms with E-state index in [0.29, 0.717) is 24.3 Å². The van der Waals surface area contributed by atoms with Crippen LogP contribution >= 0.6 is 28.5 Å². The van der Waals surface area contributed by atoms with Gasteiger partial charge in [0.15, 0.2) is 0 Å². The van der Waals surface area contributed by atoms with Crippen LogP contribution in [0.2, 0.25) is 0 Å². The van der Waals surface area contributed by atoms with Gasteiger partial charge in [0.1, 0.15) is 18.4 Å². The molecule has 3 aromatic carbocycles. The Balaban J connectivity index is 0.00000103. The molecule has 0 amide bonds. The quantitative estimate of drug-likeness (QED) is 0.198. The molecule has 1 heterocycles. The first kappa shape index (κ1) is 26.9. The Labute approximate surface area is 223 Å². The number of ether oxygens (including phenoxy) is 1. The molecule has 0 spiro atoms. The van der Waals surface area contributed by atoms with Crippen LogP contribution in [0.5, 0.6) is 0 Å². The topological polar surface area (TPSA) is 34.0 Å². The van der Waals surface area contributed by atoms with Crippen LogP contribution in [-0.2, 0) is 15.6 Å². The SMILES string of the molecule is CC(C)c1cccc(C(C)C)c1N=C(C1=NC(c2ccccc2)CO1)c1ccccc1.[Br][Ni][Br]. The van der Waals surface area contributed by atoms with E-state index in [-0.39, 0.29) is 6.04 Å². The zero-order valence-electron chi connectivity index (χ0n) is 19.8. The number of para-hydroxylation sites is 1. The summed E-state index contributed by atoms with van der Waals surface area (Å²) in [6.07, 6.45) is 0. The first-order chi connectivity index (χ1) is 16.5. The summed E-state index contributed by atoms with van der Waals surface area (Å²) in [5.74, 6) is 1.37. The van der Waals surface area contributed by atoms with Crippen molar-refractivity contribution in [3.05, 3.63) is 101 Å². The number of benzene rings is 3. The van der Waals surface area contributed by atoms with Gasteiger partial charge in [0, 0.05) is 5.56 Å². The molecule has 3 aromatic rings. The zero-order chi connectivity index (χ0) is 24.5. The number of nitrogens with zero attached hydrogens (tertiary/aromatic N) is 2. The molecule has 6 heteroatoms. The second kappa shape index (κ2) is 13.4. The Kier molecular flexibility index (Phi) is 10.6. The molecule has 3 nitrogen and oxygen atoms in total. The van der Waals surface area contributed by atoms with Crippen LogP contribution in [-0.4, -0.2) is 18.2 Å². The van der Waals surface area contributed by atoms with E-state index in [1.807, 2.05) is 36.4 Å². The molecule has 1 aliphatic heterocycles. The first-order valence-electron chi connectivity index (χ1n) is 11.3. The second-order valence-electron chi connectivity index (χ2n) is 8.64. The average molecular weight is 629 g/mol. The zero-order valence-corrected chi connectivity index (χ0v) is 24.0. The third-order valence-corrected chi connectivity index (χ3v) is 5.65. The van der Waals surface area contributed by atoms with Crippen LogP contribution in [0.3, 0.4) is 0 Å². The standard InChI is InChI=1S/C28H30N2O.2BrH.Ni/c1-19(2)23-16-11-17-24(20(3)4)27(23)30-26(22-14-9-6-10-15-22)28-29-25(18-31-28)21-12-7-5-8-13-21;;;/h5-17,19-20,25H,18H2,1-4H3;2*1H;/q;;;+2/p-2. The number of aliphatic imine (C=N–C) groups is 2. The summed E-state index contributed by atoms with van der Waals surface area (Å²) in [4.78, 5) is 10.2. The molecule has 0 aromatic heterocycles. The Morgan fingerprint density at radius 1 is 0.853 bits per heavy atom. The van der Waals surface area contributed by atoms with Gasteiger partial charge in [0.25, 0.3) is 0 Å². The number of rotatable bonds is 6. The van der Waals surface area contributed by atoms with E-state index in [2.05, 4.69) is 98.6 Å². The molecule has 1 unspecified atom stereocenters. The van der Waals surface area contributed by atoms with Crippen molar-refractivity contribution >= 4 is 45.7 Å². The van der Waals surface area contributed by atoms with E-state index in [1.165, 1.54) is 22.0 Å². The summed E-state index contributed by atoms with van der Waals surface area (Å²) in [5.41, 5.74) is 6.52. The van der Waals surface area contributed by atoms with Gasteiger partial charge in [-0.1, -0.05) is 107 Å². The molecule has 0 saturated carbocycles. The van der Waals surface area contributed by atoms with Gasteiger partial charge in [-0.25, -0.2) is 9.98 Å². The van der Waals surface area contributed by atoms with Crippen molar-refractivity contribution < 1.29 is 15.6 Å². The second-order valence-corrected chi connectivity index (χ2v) is 13.6. The summed E-state index contributed by atoms with van der Waals surface area (Å²) in [5, 5.41) is 0. The number of hydrogen-bond acceptors (Lipinski definition) is 3. The number of halogens is 2. The monoisotopic (exact) mass is 626 g/mol. The molecule has 1 atom stereocenters. The van der Waals surface area contributed by atoms with Gasteiger partial charge >= 0.3 is 39.3 Å². The molecule has 0 saturated heterocycles. The molecule has 34 heavy (non-hydrogen) atoms. The maximum absolute atomic E-state index is 6.13.